The van der Waals surface area contributed by atoms with Gasteiger partial charge in [-0.15, -0.1) is 0 Å². The van der Waals surface area contributed by atoms with E-state index in [0.29, 0.717) is 27.8 Å². The molecule has 2 rings (SSSR count). The second-order valence-corrected chi connectivity index (χ2v) is 11.9. The smallest absolute Gasteiger partial charge is 0.244 e. The Labute approximate surface area is 219 Å². The third-order valence-corrected chi connectivity index (χ3v) is 7.41. The van der Waals surface area contributed by atoms with Crippen LogP contribution < -0.4 is 9.62 Å². The van der Waals surface area contributed by atoms with Crippen LogP contribution in [0.25, 0.3) is 0 Å². The molecular weight excluding hydrogens is 565 g/mol. The molecule has 1 N–H and O–H groups in total. The van der Waals surface area contributed by atoms with Crippen LogP contribution >= 0.6 is 39.1 Å². The van der Waals surface area contributed by atoms with E-state index < -0.39 is 28.5 Å². The minimum atomic E-state index is -3.80. The predicted molar refractivity (Wildman–Crippen MR) is 141 cm³/mol. The molecule has 34 heavy (non-hydrogen) atoms. The van der Waals surface area contributed by atoms with Gasteiger partial charge in [0.25, 0.3) is 0 Å². The third-order valence-electron chi connectivity index (χ3n) is 5.04. The maximum absolute atomic E-state index is 13.5. The van der Waals surface area contributed by atoms with Gasteiger partial charge in [-0.2, -0.15) is 0 Å². The van der Waals surface area contributed by atoms with Crippen molar-refractivity contribution in [3.8, 4) is 0 Å². The summed E-state index contributed by atoms with van der Waals surface area (Å²) in [6.07, 6.45) is 1.02. The number of rotatable bonds is 10. The average Bonchev–Trinajstić information content (AvgIpc) is 2.75. The molecule has 0 saturated heterocycles. The van der Waals surface area contributed by atoms with Crippen LogP contribution in [0.2, 0.25) is 10.0 Å². The van der Waals surface area contributed by atoms with E-state index in [4.69, 9.17) is 23.2 Å². The number of nitrogens with zero attached hydrogens (tertiary/aromatic N) is 2. The van der Waals surface area contributed by atoms with Crippen molar-refractivity contribution in [3.63, 3.8) is 0 Å². The van der Waals surface area contributed by atoms with Crippen LogP contribution in [0.3, 0.4) is 0 Å². The monoisotopic (exact) mass is 591 g/mol. The maximum atomic E-state index is 13.5. The van der Waals surface area contributed by atoms with E-state index in [1.807, 2.05) is 13.8 Å². The molecule has 0 fully saturated rings. The lowest BCUT2D eigenvalue weighted by Gasteiger charge is -2.32. The highest BCUT2D eigenvalue weighted by Gasteiger charge is 2.31. The van der Waals surface area contributed by atoms with Gasteiger partial charge in [-0.25, -0.2) is 8.42 Å². The molecule has 1 atom stereocenters. The van der Waals surface area contributed by atoms with Crippen molar-refractivity contribution in [1.29, 1.82) is 0 Å². The summed E-state index contributed by atoms with van der Waals surface area (Å²) in [6.45, 7) is 5.38. The van der Waals surface area contributed by atoms with E-state index in [1.165, 1.54) is 4.90 Å². The standard InChI is InChI=1S/C23H28BrCl2N3O4S/c1-15(2)12-27-23(31)16(3)28(13-19-20(25)6-5-7-21(19)26)22(30)14-29(34(4,32)33)18-10-8-17(24)9-11-18/h5-11,15-16H,12-14H2,1-4H3,(H,27,31). The first-order valence-corrected chi connectivity index (χ1v) is 13.9. The number of hydrogen-bond donors (Lipinski definition) is 1. The van der Waals surface area contributed by atoms with Crippen LogP contribution in [-0.4, -0.2) is 50.5 Å². The molecule has 0 aromatic heterocycles. The van der Waals surface area contributed by atoms with Crippen LogP contribution in [0.15, 0.2) is 46.9 Å². The van der Waals surface area contributed by atoms with Gasteiger partial charge in [-0.1, -0.05) is 59.0 Å². The van der Waals surface area contributed by atoms with E-state index >= 15 is 0 Å². The number of halogens is 3. The lowest BCUT2D eigenvalue weighted by atomic mass is 10.1. The van der Waals surface area contributed by atoms with Crippen LogP contribution in [0.4, 0.5) is 5.69 Å². The molecule has 0 saturated carbocycles. The molecule has 0 heterocycles. The Balaban J connectivity index is 2.41. The summed E-state index contributed by atoms with van der Waals surface area (Å²) in [6, 6.07) is 10.6. The number of anilines is 1. The van der Waals surface area contributed by atoms with Gasteiger partial charge in [0.05, 0.1) is 11.9 Å². The Bertz CT molecular complexity index is 1110. The van der Waals surface area contributed by atoms with Crippen LogP contribution in [-0.2, 0) is 26.2 Å². The fourth-order valence-electron chi connectivity index (χ4n) is 3.11. The number of hydrogen-bond acceptors (Lipinski definition) is 4. The number of sulfonamides is 1. The zero-order chi connectivity index (χ0) is 25.6. The highest BCUT2D eigenvalue weighted by Crippen LogP contribution is 2.27. The van der Waals surface area contributed by atoms with Gasteiger partial charge in [-0.3, -0.25) is 13.9 Å². The van der Waals surface area contributed by atoms with Gasteiger partial charge in [-0.05, 0) is 49.2 Å². The quantitative estimate of drug-likeness (QED) is 0.433. The molecule has 2 aromatic rings. The summed E-state index contributed by atoms with van der Waals surface area (Å²) in [5.74, 6) is -0.715. The number of nitrogens with one attached hydrogen (secondary N) is 1. The molecule has 2 aromatic carbocycles. The highest BCUT2D eigenvalue weighted by molar-refractivity contribution is 9.10. The van der Waals surface area contributed by atoms with Gasteiger partial charge in [0.2, 0.25) is 21.8 Å². The zero-order valence-corrected chi connectivity index (χ0v) is 23.3. The highest BCUT2D eigenvalue weighted by atomic mass is 79.9. The average molecular weight is 593 g/mol. The van der Waals surface area contributed by atoms with E-state index in [2.05, 4.69) is 21.2 Å². The summed E-state index contributed by atoms with van der Waals surface area (Å²) in [5, 5.41) is 3.50. The fraction of sp³-hybridized carbons (Fsp3) is 0.391. The largest absolute Gasteiger partial charge is 0.354 e. The van der Waals surface area contributed by atoms with E-state index in [1.54, 1.807) is 49.4 Å². The SMILES string of the molecule is CC(C)CNC(=O)C(C)N(Cc1c(Cl)cccc1Cl)C(=O)CN(c1ccc(Br)cc1)S(C)(=O)=O. The first-order chi connectivity index (χ1) is 15.8. The molecule has 0 aliphatic heterocycles. The Morgan fingerprint density at radius 1 is 1.03 bits per heavy atom. The Kier molecular flexibility index (Phi) is 10.2. The van der Waals surface area contributed by atoms with Crippen LogP contribution in [0.5, 0.6) is 0 Å². The second-order valence-electron chi connectivity index (χ2n) is 8.28. The summed E-state index contributed by atoms with van der Waals surface area (Å²) in [4.78, 5) is 27.6. The topological polar surface area (TPSA) is 86.8 Å². The van der Waals surface area contributed by atoms with Gasteiger partial charge in [0.1, 0.15) is 12.6 Å². The molecule has 0 radical (unpaired) electrons. The first kappa shape index (κ1) is 28.4. The van der Waals surface area contributed by atoms with Gasteiger partial charge in [0, 0.05) is 33.2 Å². The van der Waals surface area contributed by atoms with Crippen molar-refractivity contribution in [3.05, 3.63) is 62.5 Å². The molecule has 0 aliphatic carbocycles. The zero-order valence-electron chi connectivity index (χ0n) is 19.4. The number of amides is 2. The second kappa shape index (κ2) is 12.2. The number of carbonyl (C=O) groups excluding carboxylic acids is 2. The van der Waals surface area contributed by atoms with Gasteiger partial charge >= 0.3 is 0 Å². The lowest BCUT2D eigenvalue weighted by Crippen LogP contribution is -2.51. The van der Waals surface area contributed by atoms with Crippen molar-refractivity contribution < 1.29 is 18.0 Å². The normalized spacial score (nSPS) is 12.4. The molecule has 11 heteroatoms. The molecule has 0 spiro atoms. The minimum absolute atomic E-state index is 0.0639. The number of benzene rings is 2. The van der Waals surface area contributed by atoms with Crippen molar-refractivity contribution in [2.45, 2.75) is 33.4 Å². The third kappa shape index (κ3) is 7.86. The summed E-state index contributed by atoms with van der Waals surface area (Å²) in [5.41, 5.74) is 0.795. The molecule has 1 unspecified atom stereocenters. The molecule has 186 valence electrons. The van der Waals surface area contributed by atoms with Gasteiger partial charge < -0.3 is 10.2 Å². The Hall–Kier alpha value is -1.81. The number of carbonyl (C=O) groups is 2. The van der Waals surface area contributed by atoms with Crippen LogP contribution in [0.1, 0.15) is 26.3 Å². The Morgan fingerprint density at radius 2 is 1.59 bits per heavy atom. The van der Waals surface area contributed by atoms with Crippen molar-refractivity contribution in [2.24, 2.45) is 5.92 Å². The van der Waals surface area contributed by atoms with Crippen molar-refractivity contribution in [2.75, 3.05) is 23.7 Å². The van der Waals surface area contributed by atoms with Gasteiger partial charge in [0.15, 0.2) is 0 Å². The molecule has 7 nitrogen and oxygen atoms in total. The molecule has 2 amide bonds. The van der Waals surface area contributed by atoms with Crippen LogP contribution in [0, 0.1) is 5.92 Å². The lowest BCUT2D eigenvalue weighted by molar-refractivity contribution is -0.139. The fourth-order valence-corrected chi connectivity index (χ4v) is 4.74. The van der Waals surface area contributed by atoms with E-state index in [9.17, 15) is 18.0 Å². The van der Waals surface area contributed by atoms with E-state index in [-0.39, 0.29) is 18.4 Å². The summed E-state index contributed by atoms with van der Waals surface area (Å²) in [7, 11) is -3.80. The first-order valence-electron chi connectivity index (χ1n) is 10.5. The van der Waals surface area contributed by atoms with Crippen molar-refractivity contribution in [1.82, 2.24) is 10.2 Å². The summed E-state index contributed by atoms with van der Waals surface area (Å²) >= 11 is 16.0. The Morgan fingerprint density at radius 3 is 2.09 bits per heavy atom. The minimum Gasteiger partial charge on any atom is -0.354 e. The summed E-state index contributed by atoms with van der Waals surface area (Å²) < 4.78 is 26.9. The predicted octanol–water partition coefficient (Wildman–Crippen LogP) is 4.71. The molecular formula is C23H28BrCl2N3O4S. The van der Waals surface area contributed by atoms with Crippen molar-refractivity contribution >= 4 is 66.7 Å². The molecule has 0 aliphatic rings. The van der Waals surface area contributed by atoms with E-state index in [0.717, 1.165) is 15.0 Å². The maximum Gasteiger partial charge on any atom is 0.244 e. The molecule has 0 bridgehead atoms.